The highest BCUT2D eigenvalue weighted by Crippen LogP contribution is 2.26. The lowest BCUT2D eigenvalue weighted by Gasteiger charge is -2.22. The monoisotopic (exact) mass is 239 g/mol. The van der Waals surface area contributed by atoms with Gasteiger partial charge >= 0.3 is 6.16 Å². The molecule has 0 bridgehead atoms. The molecule has 1 unspecified atom stereocenters. The summed E-state index contributed by atoms with van der Waals surface area (Å²) in [7, 11) is 6.69. The molecule has 0 aliphatic carbocycles. The van der Waals surface area contributed by atoms with Crippen LogP contribution < -0.4 is 0 Å². The van der Waals surface area contributed by atoms with Crippen molar-refractivity contribution in [3.8, 4) is 0 Å². The maximum absolute atomic E-state index is 11.1. The van der Waals surface area contributed by atoms with Crippen LogP contribution in [0, 0.1) is 0 Å². The number of ether oxygens (including phenoxy) is 2. The van der Waals surface area contributed by atoms with E-state index in [9.17, 15) is 4.79 Å². The fourth-order valence-electron chi connectivity index (χ4n) is 0.596. The van der Waals surface area contributed by atoms with Crippen molar-refractivity contribution in [3.05, 3.63) is 0 Å². The second-order valence-corrected chi connectivity index (χ2v) is 5.57. The Hall–Kier alpha value is -0.0700. The molecule has 0 aliphatic rings. The highest BCUT2D eigenvalue weighted by Gasteiger charge is 2.18. The van der Waals surface area contributed by atoms with Crippen LogP contribution in [0.3, 0.4) is 0 Å². The molecule has 84 valence electrons. The maximum Gasteiger partial charge on any atom is 0.510 e. The number of hydrogen-bond acceptors (Lipinski definition) is 6. The van der Waals surface area contributed by atoms with E-state index in [1.54, 1.807) is 24.6 Å². The van der Waals surface area contributed by atoms with Crippen molar-refractivity contribution in [2.24, 2.45) is 0 Å². The molecule has 14 heavy (non-hydrogen) atoms. The molecule has 0 fully saturated rings. The van der Waals surface area contributed by atoms with E-state index in [1.807, 2.05) is 25.3 Å². The lowest BCUT2D eigenvalue weighted by atomic mass is 10.5. The van der Waals surface area contributed by atoms with Gasteiger partial charge in [-0.3, -0.25) is 4.90 Å². The van der Waals surface area contributed by atoms with Crippen LogP contribution in [-0.2, 0) is 9.47 Å². The van der Waals surface area contributed by atoms with E-state index in [1.165, 1.54) is 10.8 Å². The molecule has 0 amide bonds. The van der Waals surface area contributed by atoms with Crippen molar-refractivity contribution in [2.75, 3.05) is 20.4 Å². The normalized spacial score (nSPS) is 13.1. The van der Waals surface area contributed by atoms with Crippen LogP contribution in [0.5, 0.6) is 0 Å². The molecule has 0 heterocycles. The van der Waals surface area contributed by atoms with Crippen LogP contribution in [0.15, 0.2) is 0 Å². The van der Waals surface area contributed by atoms with Gasteiger partial charge in [-0.2, -0.15) is 0 Å². The SMILES string of the molecule is CSSC(OC(=O)OC(C)C)N(C)C. The molecule has 6 heteroatoms. The van der Waals surface area contributed by atoms with E-state index in [0.717, 1.165) is 0 Å². The zero-order valence-corrected chi connectivity index (χ0v) is 10.8. The lowest BCUT2D eigenvalue weighted by molar-refractivity contribution is -0.00222. The maximum atomic E-state index is 11.1. The number of nitrogens with zero attached hydrogens (tertiary/aromatic N) is 1. The molecule has 0 N–H and O–H groups in total. The van der Waals surface area contributed by atoms with Gasteiger partial charge in [-0.1, -0.05) is 10.8 Å². The van der Waals surface area contributed by atoms with Crippen molar-refractivity contribution in [1.82, 2.24) is 4.90 Å². The largest absolute Gasteiger partial charge is 0.510 e. The van der Waals surface area contributed by atoms with E-state index in [2.05, 4.69) is 0 Å². The Morgan fingerprint density at radius 3 is 2.21 bits per heavy atom. The third kappa shape index (κ3) is 6.39. The summed E-state index contributed by atoms with van der Waals surface area (Å²) < 4.78 is 9.94. The van der Waals surface area contributed by atoms with Gasteiger partial charge in [0.2, 0.25) is 5.56 Å². The number of carbonyl (C=O) groups excluding carboxylic acids is 1. The smallest absolute Gasteiger partial charge is 0.432 e. The van der Waals surface area contributed by atoms with Crippen molar-refractivity contribution in [2.45, 2.75) is 25.5 Å². The predicted octanol–water partition coefficient (Wildman–Crippen LogP) is 2.40. The van der Waals surface area contributed by atoms with Crippen LogP contribution >= 0.6 is 21.6 Å². The van der Waals surface area contributed by atoms with E-state index in [-0.39, 0.29) is 11.7 Å². The van der Waals surface area contributed by atoms with Crippen LogP contribution in [0.1, 0.15) is 13.8 Å². The molecule has 0 radical (unpaired) electrons. The Bertz CT molecular complexity index is 176. The Morgan fingerprint density at radius 1 is 1.29 bits per heavy atom. The zero-order valence-electron chi connectivity index (χ0n) is 9.14. The van der Waals surface area contributed by atoms with E-state index in [0.29, 0.717) is 0 Å². The first-order chi connectivity index (χ1) is 6.47. The van der Waals surface area contributed by atoms with E-state index in [4.69, 9.17) is 9.47 Å². The minimum absolute atomic E-state index is 0.149. The van der Waals surface area contributed by atoms with Crippen molar-refractivity contribution in [1.29, 1.82) is 0 Å². The van der Waals surface area contributed by atoms with Crippen molar-refractivity contribution >= 4 is 27.7 Å². The third-order valence-corrected chi connectivity index (χ3v) is 3.08. The highest BCUT2D eigenvalue weighted by atomic mass is 33.1. The van der Waals surface area contributed by atoms with Gasteiger partial charge in [0.15, 0.2) is 0 Å². The van der Waals surface area contributed by atoms with E-state index < -0.39 is 6.16 Å². The fourth-order valence-corrected chi connectivity index (χ4v) is 2.18. The predicted molar refractivity (Wildman–Crippen MR) is 61.3 cm³/mol. The topological polar surface area (TPSA) is 38.8 Å². The molecular weight excluding hydrogens is 222 g/mol. The van der Waals surface area contributed by atoms with Gasteiger partial charge in [0.25, 0.3) is 0 Å². The van der Waals surface area contributed by atoms with Gasteiger partial charge in [0.1, 0.15) is 0 Å². The van der Waals surface area contributed by atoms with Crippen LogP contribution in [0.2, 0.25) is 0 Å². The Labute approximate surface area is 93.1 Å². The Morgan fingerprint density at radius 2 is 1.86 bits per heavy atom. The zero-order chi connectivity index (χ0) is 11.1. The fraction of sp³-hybridized carbons (Fsp3) is 0.875. The summed E-state index contributed by atoms with van der Waals surface area (Å²) in [6, 6.07) is 0. The molecule has 0 aromatic carbocycles. The van der Waals surface area contributed by atoms with Crippen molar-refractivity contribution < 1.29 is 14.3 Å². The first-order valence-corrected chi connectivity index (χ1v) is 6.82. The summed E-state index contributed by atoms with van der Waals surface area (Å²) in [5.41, 5.74) is -0.309. The van der Waals surface area contributed by atoms with Crippen molar-refractivity contribution in [3.63, 3.8) is 0 Å². The van der Waals surface area contributed by atoms with Gasteiger partial charge in [-0.25, -0.2) is 4.79 Å². The molecule has 4 nitrogen and oxygen atoms in total. The average molecular weight is 239 g/mol. The molecule has 0 aromatic heterocycles. The summed E-state index contributed by atoms with van der Waals surface area (Å²) in [6.07, 6.45) is 1.16. The molecule has 0 saturated carbocycles. The van der Waals surface area contributed by atoms with Crippen LogP contribution in [0.4, 0.5) is 4.79 Å². The van der Waals surface area contributed by atoms with Crippen LogP contribution in [0.25, 0.3) is 0 Å². The van der Waals surface area contributed by atoms with Gasteiger partial charge in [0, 0.05) is 0 Å². The summed E-state index contributed by atoms with van der Waals surface area (Å²) in [5.74, 6) is 0. The molecule has 0 spiro atoms. The molecular formula is C8H17NO3S2. The molecule has 0 rings (SSSR count). The minimum atomic E-state index is -0.625. The molecule has 0 saturated heterocycles. The Balaban J connectivity index is 3.96. The first kappa shape index (κ1) is 13.9. The van der Waals surface area contributed by atoms with Gasteiger partial charge in [-0.05, 0) is 45.0 Å². The lowest BCUT2D eigenvalue weighted by Crippen LogP contribution is -2.30. The number of carbonyl (C=O) groups is 1. The number of rotatable bonds is 5. The highest BCUT2D eigenvalue weighted by molar-refractivity contribution is 8.76. The summed E-state index contributed by atoms with van der Waals surface area (Å²) in [4.78, 5) is 13.0. The number of hydrogen-bond donors (Lipinski definition) is 0. The average Bonchev–Trinajstić information content (AvgIpc) is 2.01. The minimum Gasteiger partial charge on any atom is -0.432 e. The summed E-state index contributed by atoms with van der Waals surface area (Å²) >= 11 is 0. The summed E-state index contributed by atoms with van der Waals surface area (Å²) in [6.45, 7) is 3.57. The standard InChI is InChI=1S/C8H17NO3S2/c1-6(2)11-8(10)12-7(9(3)4)14-13-5/h6-7H,1-5H3. The molecule has 0 aromatic rings. The van der Waals surface area contributed by atoms with Crippen LogP contribution in [-0.4, -0.2) is 43.1 Å². The summed E-state index contributed by atoms with van der Waals surface area (Å²) in [5, 5.41) is 0. The first-order valence-electron chi connectivity index (χ1n) is 4.20. The van der Waals surface area contributed by atoms with Gasteiger partial charge in [0.05, 0.1) is 6.10 Å². The molecule has 1 atom stereocenters. The van der Waals surface area contributed by atoms with Gasteiger partial charge in [-0.15, -0.1) is 0 Å². The quantitative estimate of drug-likeness (QED) is 0.417. The van der Waals surface area contributed by atoms with E-state index >= 15 is 0 Å². The third-order valence-electron chi connectivity index (χ3n) is 1.13. The second-order valence-electron chi connectivity index (χ2n) is 3.07. The Kier molecular flexibility index (Phi) is 7.22. The second kappa shape index (κ2) is 7.25. The molecule has 0 aliphatic heterocycles. The van der Waals surface area contributed by atoms with Gasteiger partial charge < -0.3 is 9.47 Å².